The summed E-state index contributed by atoms with van der Waals surface area (Å²) in [7, 11) is 1.69. The smallest absolute Gasteiger partial charge is 0.259 e. The van der Waals surface area contributed by atoms with E-state index in [4.69, 9.17) is 4.74 Å². The third kappa shape index (κ3) is 3.77. The Kier molecular flexibility index (Phi) is 5.39. The van der Waals surface area contributed by atoms with Crippen molar-refractivity contribution in [2.24, 2.45) is 0 Å². The van der Waals surface area contributed by atoms with Crippen molar-refractivity contribution in [3.63, 3.8) is 0 Å². The monoisotopic (exact) mass is 389 g/mol. The van der Waals surface area contributed by atoms with E-state index in [2.05, 4.69) is 20.0 Å². The van der Waals surface area contributed by atoms with Gasteiger partial charge in [-0.25, -0.2) is 9.67 Å². The van der Waals surface area contributed by atoms with Gasteiger partial charge in [-0.1, -0.05) is 13.0 Å². The van der Waals surface area contributed by atoms with E-state index >= 15 is 0 Å². The zero-order valence-corrected chi connectivity index (χ0v) is 16.5. The SMILES string of the molecule is CCc1c(C(=O)Nc2ccc3c(ccn3CCOC)c2)cnn1-c1ccccn1. The van der Waals surface area contributed by atoms with Gasteiger partial charge in [0.25, 0.3) is 5.91 Å². The van der Waals surface area contributed by atoms with E-state index in [-0.39, 0.29) is 5.91 Å². The second kappa shape index (κ2) is 8.28. The fourth-order valence-electron chi connectivity index (χ4n) is 3.44. The molecule has 7 nitrogen and oxygen atoms in total. The molecule has 0 aliphatic carbocycles. The van der Waals surface area contributed by atoms with Crippen LogP contribution < -0.4 is 5.32 Å². The number of nitrogens with zero attached hydrogens (tertiary/aromatic N) is 4. The molecule has 1 N–H and O–H groups in total. The van der Waals surface area contributed by atoms with E-state index in [0.717, 1.165) is 28.8 Å². The van der Waals surface area contributed by atoms with Crippen molar-refractivity contribution in [2.45, 2.75) is 19.9 Å². The number of fused-ring (bicyclic) bond motifs is 1. The number of ether oxygens (including phenoxy) is 1. The molecule has 4 aromatic rings. The summed E-state index contributed by atoms with van der Waals surface area (Å²) in [5.41, 5.74) is 3.24. The lowest BCUT2D eigenvalue weighted by Gasteiger charge is -2.09. The second-order valence-electron chi connectivity index (χ2n) is 6.69. The zero-order valence-electron chi connectivity index (χ0n) is 16.5. The Bertz CT molecular complexity index is 1130. The summed E-state index contributed by atoms with van der Waals surface area (Å²) in [5.74, 6) is 0.518. The molecule has 1 amide bonds. The number of nitrogens with one attached hydrogen (secondary N) is 1. The van der Waals surface area contributed by atoms with Gasteiger partial charge in [0.2, 0.25) is 0 Å². The summed E-state index contributed by atoms with van der Waals surface area (Å²) in [4.78, 5) is 17.2. The zero-order chi connectivity index (χ0) is 20.2. The molecule has 0 saturated carbocycles. The van der Waals surface area contributed by atoms with Crippen molar-refractivity contribution < 1.29 is 9.53 Å². The van der Waals surface area contributed by atoms with Gasteiger partial charge in [-0.3, -0.25) is 4.79 Å². The number of hydrogen-bond acceptors (Lipinski definition) is 4. The Hall–Kier alpha value is -3.45. The van der Waals surface area contributed by atoms with Crippen LogP contribution in [-0.4, -0.2) is 39.0 Å². The summed E-state index contributed by atoms with van der Waals surface area (Å²) in [5, 5.41) is 8.44. The van der Waals surface area contributed by atoms with Gasteiger partial charge in [-0.05, 0) is 42.8 Å². The maximum absolute atomic E-state index is 12.9. The quantitative estimate of drug-likeness (QED) is 0.523. The number of carbonyl (C=O) groups is 1. The van der Waals surface area contributed by atoms with Crippen LogP contribution in [0.3, 0.4) is 0 Å². The first kappa shape index (κ1) is 18.9. The molecule has 1 aromatic carbocycles. The second-order valence-corrected chi connectivity index (χ2v) is 6.69. The number of amides is 1. The largest absolute Gasteiger partial charge is 0.383 e. The van der Waals surface area contributed by atoms with Crippen molar-refractivity contribution in [3.8, 4) is 5.82 Å². The minimum atomic E-state index is -0.179. The topological polar surface area (TPSA) is 74.0 Å². The third-order valence-electron chi connectivity index (χ3n) is 4.88. The number of aromatic nitrogens is 4. The first-order valence-corrected chi connectivity index (χ1v) is 9.58. The normalized spacial score (nSPS) is 11.1. The molecule has 0 saturated heterocycles. The highest BCUT2D eigenvalue weighted by Crippen LogP contribution is 2.22. The van der Waals surface area contributed by atoms with Crippen LogP contribution in [0.15, 0.2) is 61.1 Å². The van der Waals surface area contributed by atoms with Crippen LogP contribution >= 0.6 is 0 Å². The van der Waals surface area contributed by atoms with Crippen LogP contribution in [0, 0.1) is 0 Å². The molecule has 3 heterocycles. The first-order valence-electron chi connectivity index (χ1n) is 9.58. The molecule has 0 bridgehead atoms. The maximum Gasteiger partial charge on any atom is 0.259 e. The van der Waals surface area contributed by atoms with Crippen LogP contribution in [0.2, 0.25) is 0 Å². The molecule has 0 unspecified atom stereocenters. The molecule has 4 rings (SSSR count). The van der Waals surface area contributed by atoms with E-state index in [1.807, 2.05) is 55.6 Å². The molecule has 7 heteroatoms. The van der Waals surface area contributed by atoms with Gasteiger partial charge in [-0.15, -0.1) is 0 Å². The Morgan fingerprint density at radius 1 is 1.21 bits per heavy atom. The molecule has 0 aliphatic heterocycles. The van der Waals surface area contributed by atoms with Gasteiger partial charge in [0.1, 0.15) is 0 Å². The minimum absolute atomic E-state index is 0.179. The predicted octanol–water partition coefficient (Wildman–Crippen LogP) is 3.68. The van der Waals surface area contributed by atoms with Crippen molar-refractivity contribution >= 4 is 22.5 Å². The molecule has 0 spiro atoms. The maximum atomic E-state index is 12.9. The number of hydrogen-bond donors (Lipinski definition) is 1. The van der Waals surface area contributed by atoms with Crippen LogP contribution in [0.25, 0.3) is 16.7 Å². The van der Waals surface area contributed by atoms with Gasteiger partial charge in [0.15, 0.2) is 5.82 Å². The van der Waals surface area contributed by atoms with Crippen molar-refractivity contribution in [3.05, 3.63) is 72.3 Å². The van der Waals surface area contributed by atoms with E-state index in [9.17, 15) is 4.79 Å². The first-order chi connectivity index (χ1) is 14.2. The molecule has 0 atom stereocenters. The Balaban J connectivity index is 1.57. The van der Waals surface area contributed by atoms with E-state index in [0.29, 0.717) is 24.4 Å². The lowest BCUT2D eigenvalue weighted by molar-refractivity contribution is 0.102. The molecule has 29 heavy (non-hydrogen) atoms. The van der Waals surface area contributed by atoms with Crippen molar-refractivity contribution in [1.29, 1.82) is 0 Å². The number of pyridine rings is 1. The van der Waals surface area contributed by atoms with Crippen molar-refractivity contribution in [1.82, 2.24) is 19.3 Å². The average molecular weight is 389 g/mol. The van der Waals surface area contributed by atoms with Crippen molar-refractivity contribution in [2.75, 3.05) is 19.0 Å². The van der Waals surface area contributed by atoms with Crippen LogP contribution in [0.5, 0.6) is 0 Å². The lowest BCUT2D eigenvalue weighted by atomic mass is 10.1. The number of carbonyl (C=O) groups excluding carboxylic acids is 1. The molecule has 3 aromatic heterocycles. The molecule has 0 aliphatic rings. The highest BCUT2D eigenvalue weighted by molar-refractivity contribution is 6.05. The van der Waals surface area contributed by atoms with E-state index in [1.54, 1.807) is 24.2 Å². The number of anilines is 1. The molecule has 0 radical (unpaired) electrons. The van der Waals surface area contributed by atoms with E-state index < -0.39 is 0 Å². The molecular weight excluding hydrogens is 366 g/mol. The average Bonchev–Trinajstić information content (AvgIpc) is 3.36. The Morgan fingerprint density at radius 2 is 2.10 bits per heavy atom. The summed E-state index contributed by atoms with van der Waals surface area (Å²) in [6.45, 7) is 3.45. The lowest BCUT2D eigenvalue weighted by Crippen LogP contribution is -2.14. The molecular formula is C22H23N5O2. The summed E-state index contributed by atoms with van der Waals surface area (Å²) >= 11 is 0. The van der Waals surface area contributed by atoms with Crippen LogP contribution in [0.4, 0.5) is 5.69 Å². The standard InChI is InChI=1S/C22H23N5O2/c1-3-19-18(15-24-27(19)21-6-4-5-10-23-21)22(28)25-17-7-8-20-16(14-17)9-11-26(20)12-13-29-2/h4-11,14-15H,3,12-13H2,1-2H3,(H,25,28). The van der Waals surface area contributed by atoms with Gasteiger partial charge < -0.3 is 14.6 Å². The Morgan fingerprint density at radius 3 is 2.86 bits per heavy atom. The van der Waals surface area contributed by atoms with Gasteiger partial charge in [0.05, 0.1) is 24.1 Å². The highest BCUT2D eigenvalue weighted by Gasteiger charge is 2.18. The summed E-state index contributed by atoms with van der Waals surface area (Å²) in [6.07, 6.45) is 6.01. The highest BCUT2D eigenvalue weighted by atomic mass is 16.5. The summed E-state index contributed by atoms with van der Waals surface area (Å²) < 4.78 is 9.01. The van der Waals surface area contributed by atoms with Gasteiger partial charge in [-0.2, -0.15) is 5.10 Å². The van der Waals surface area contributed by atoms with Gasteiger partial charge >= 0.3 is 0 Å². The van der Waals surface area contributed by atoms with E-state index in [1.165, 1.54) is 0 Å². The molecule has 148 valence electrons. The summed E-state index contributed by atoms with van der Waals surface area (Å²) in [6, 6.07) is 13.6. The molecule has 0 fully saturated rings. The fourth-order valence-corrected chi connectivity index (χ4v) is 3.44. The van der Waals surface area contributed by atoms with Crippen LogP contribution in [0.1, 0.15) is 23.0 Å². The van der Waals surface area contributed by atoms with Crippen LogP contribution in [-0.2, 0) is 17.7 Å². The number of methoxy groups -OCH3 is 1. The Labute approximate surface area is 168 Å². The minimum Gasteiger partial charge on any atom is -0.383 e. The van der Waals surface area contributed by atoms with Gasteiger partial charge in [0, 0.05) is 42.6 Å². The number of rotatable bonds is 7. The fraction of sp³-hybridized carbons (Fsp3) is 0.227. The third-order valence-corrected chi connectivity index (χ3v) is 4.88. The predicted molar refractivity (Wildman–Crippen MR) is 113 cm³/mol. The number of benzene rings is 1.